The van der Waals surface area contributed by atoms with Gasteiger partial charge in [-0.2, -0.15) is 0 Å². The van der Waals surface area contributed by atoms with E-state index in [0.29, 0.717) is 92.5 Å². The van der Waals surface area contributed by atoms with Gasteiger partial charge >= 0.3 is 63.3 Å². The van der Waals surface area contributed by atoms with Crippen molar-refractivity contribution in [3.05, 3.63) is 12.2 Å². The van der Waals surface area contributed by atoms with E-state index in [0.717, 1.165) is 25.7 Å². The van der Waals surface area contributed by atoms with Gasteiger partial charge in [-0.25, -0.2) is 0 Å². The molecule has 0 aromatic heterocycles. The summed E-state index contributed by atoms with van der Waals surface area (Å²) in [6.07, 6.45) is 7.90. The lowest BCUT2D eigenvalue weighted by atomic mass is 10.3. The molecule has 0 aromatic carbocycles. The molecule has 0 radical (unpaired) electrons. The number of hydrogen-bond donors (Lipinski definition) is 0. The Kier molecular flexibility index (Phi) is 43.6. The van der Waals surface area contributed by atoms with E-state index in [9.17, 15) is 0 Å². The third-order valence-electron chi connectivity index (χ3n) is 9.70. The Morgan fingerprint density at radius 1 is 0.234 bits per heavy atom. The highest BCUT2D eigenvalue weighted by atomic mass is 28.4. The van der Waals surface area contributed by atoms with Crippen molar-refractivity contribution >= 4 is 63.3 Å². The predicted octanol–water partition coefficient (Wildman–Crippen LogP) is 3.57. The van der Waals surface area contributed by atoms with Crippen LogP contribution in [-0.4, -0.2) is 251 Å². The van der Waals surface area contributed by atoms with E-state index in [2.05, 4.69) is 0 Å². The summed E-state index contributed by atoms with van der Waals surface area (Å²) in [6, 6.07) is 0. The molecule has 4 saturated heterocycles. The van der Waals surface area contributed by atoms with Gasteiger partial charge in [0, 0.05) is 122 Å². The first-order valence-electron chi connectivity index (χ1n) is 26.3. The Balaban J connectivity index is 0.000000492. The van der Waals surface area contributed by atoms with E-state index in [-0.39, 0.29) is 52.9 Å². The van der Waals surface area contributed by atoms with Gasteiger partial charge in [0.2, 0.25) is 0 Å². The van der Waals surface area contributed by atoms with Crippen LogP contribution in [0.25, 0.3) is 0 Å². The molecule has 0 unspecified atom stereocenters. The predicted molar refractivity (Wildman–Crippen MR) is 286 cm³/mol. The molecule has 4 fully saturated rings. The summed E-state index contributed by atoms with van der Waals surface area (Å²) < 4.78 is 153. The van der Waals surface area contributed by atoms with E-state index >= 15 is 0 Å². The molecule has 0 N–H and O–H groups in total. The van der Waals surface area contributed by atoms with E-state index < -0.39 is 63.3 Å². The third-order valence-corrected chi connectivity index (χ3v) is 25.6. The molecule has 5 aliphatic heterocycles. The summed E-state index contributed by atoms with van der Waals surface area (Å²) in [5, 5.41) is 0. The van der Waals surface area contributed by atoms with Crippen molar-refractivity contribution in [1.29, 1.82) is 0 Å². The topological polar surface area (TPSA) is 258 Å². The van der Waals surface area contributed by atoms with Crippen molar-refractivity contribution in [2.75, 3.05) is 188 Å². The second-order valence-corrected chi connectivity index (χ2v) is 30.7. The summed E-state index contributed by atoms with van der Waals surface area (Å²) in [5.74, 6) is 0. The minimum Gasteiger partial charge on any atom is -0.355 e. The van der Waals surface area contributed by atoms with Crippen molar-refractivity contribution in [3.8, 4) is 0 Å². The second-order valence-electron chi connectivity index (χ2n) is 14.9. The Morgan fingerprint density at radius 3 is 0.571 bits per heavy atom. The van der Waals surface area contributed by atoms with Crippen LogP contribution in [0.5, 0.6) is 0 Å². The molecule has 28 nitrogen and oxygen atoms in total. The maximum atomic E-state index is 5.74. The van der Waals surface area contributed by atoms with Crippen LogP contribution < -0.4 is 0 Å². The van der Waals surface area contributed by atoms with Gasteiger partial charge in [0.05, 0.1) is 66.1 Å². The van der Waals surface area contributed by atoms with Gasteiger partial charge in [-0.1, -0.05) is 12.2 Å². The van der Waals surface area contributed by atoms with Crippen LogP contribution in [0.4, 0.5) is 0 Å². The molecular formula is C42H96O28Si7. The second kappa shape index (κ2) is 44.6. The van der Waals surface area contributed by atoms with Crippen molar-refractivity contribution < 1.29 is 124 Å². The highest BCUT2D eigenvalue weighted by Crippen LogP contribution is 2.20. The fourth-order valence-corrected chi connectivity index (χ4v) is 18.3. The Morgan fingerprint density at radius 2 is 0.390 bits per heavy atom. The van der Waals surface area contributed by atoms with Crippen LogP contribution in [0, 0.1) is 0 Å². The minimum atomic E-state index is -3.13. The molecule has 5 rings (SSSR count). The van der Waals surface area contributed by atoms with Gasteiger partial charge in [-0.15, -0.1) is 0 Å². The zero-order valence-corrected chi connectivity index (χ0v) is 55.5. The molecule has 5 heterocycles. The van der Waals surface area contributed by atoms with E-state index in [1.165, 1.54) is 28.4 Å². The molecule has 35 heteroatoms. The standard InChI is InChI=1S/C12H28O8Si2.C8H20O8Si2.C8H18O4Si.C8H16O4Si.C6H14O4Si/c1-5-13-21(14-6-2)17-9-11-19-22(15-7-3,16-8-4)20-12-10-18-21;1-9-17(10-2)13-5-7-15-18(11-3,12-4)16-8-6-14-17;2*1-3-9-13(10-4-2)11-7-5-6-8-12-13;1-7-11(8-2)9-5-3-4-6-10-11/h5-12H2,1-4H3;5-8H2,1-4H3;3-8H2,1-2H3;5-6H,3-4,7-8H2,1-2H3;3-6H2,1-2H3. The molecule has 0 aromatic rings. The molecule has 0 atom stereocenters. The fraction of sp³-hybridized carbons (Fsp3) is 0.952. The highest BCUT2D eigenvalue weighted by molar-refractivity contribution is 6.56. The largest absolute Gasteiger partial charge is 0.680 e. The summed E-state index contributed by atoms with van der Waals surface area (Å²) in [6.45, 7) is 24.9. The van der Waals surface area contributed by atoms with Gasteiger partial charge in [0.25, 0.3) is 0 Å². The molecule has 77 heavy (non-hydrogen) atoms. The van der Waals surface area contributed by atoms with Crippen molar-refractivity contribution in [1.82, 2.24) is 0 Å². The summed E-state index contributed by atoms with van der Waals surface area (Å²) in [7, 11) is -11.6. The van der Waals surface area contributed by atoms with Crippen LogP contribution in [0.1, 0.15) is 81.1 Å². The lowest BCUT2D eigenvalue weighted by molar-refractivity contribution is -0.0825. The van der Waals surface area contributed by atoms with Gasteiger partial charge in [0.15, 0.2) is 0 Å². The lowest BCUT2D eigenvalue weighted by Gasteiger charge is -2.32. The first kappa shape index (κ1) is 75.2. The smallest absolute Gasteiger partial charge is 0.355 e. The SMILES string of the molecule is CCO[Si]1(OCC)OCC=CCO1.CCO[Si]1(OCC)OCCCCO1.CCO[Si]1(OCC)OCCO[Si](OCC)(OCC)OCCO1.CO[Si]1(OC)OCCCCO1.CO[Si]1(OC)OCCO[Si](OC)(OC)OCCO1. The first-order valence-corrected chi connectivity index (χ1v) is 37.8. The quantitative estimate of drug-likeness (QED) is 0.111. The van der Waals surface area contributed by atoms with Crippen molar-refractivity contribution in [3.63, 3.8) is 0 Å². The maximum absolute atomic E-state index is 5.74. The number of rotatable bonds is 22. The lowest BCUT2D eigenvalue weighted by Crippen LogP contribution is -2.55. The first-order chi connectivity index (χ1) is 37.3. The molecule has 460 valence electrons. The van der Waals surface area contributed by atoms with Crippen LogP contribution >= 0.6 is 0 Å². The Labute approximate surface area is 466 Å². The third kappa shape index (κ3) is 29.5. The minimum absolute atomic E-state index is 0.235. The normalized spacial score (nSPS) is 23.1. The molecule has 0 bridgehead atoms. The van der Waals surface area contributed by atoms with E-state index in [4.69, 9.17) is 124 Å². The monoisotopic (exact) mass is 1240 g/mol. The summed E-state index contributed by atoms with van der Waals surface area (Å²) in [4.78, 5) is 0. The van der Waals surface area contributed by atoms with E-state index in [1.807, 2.05) is 67.5 Å². The fourth-order valence-electron chi connectivity index (χ4n) is 6.46. The molecule has 5 aliphatic rings. The van der Waals surface area contributed by atoms with Crippen LogP contribution in [-0.2, 0) is 124 Å². The average Bonchev–Trinajstić information content (AvgIpc) is 3.94. The summed E-state index contributed by atoms with van der Waals surface area (Å²) >= 11 is 0. The highest BCUT2D eigenvalue weighted by Gasteiger charge is 2.51. The Hall–Kier alpha value is 0.138. The van der Waals surface area contributed by atoms with Crippen LogP contribution in [0.15, 0.2) is 12.2 Å². The maximum Gasteiger partial charge on any atom is 0.680 e. The zero-order chi connectivity index (χ0) is 57.1. The van der Waals surface area contributed by atoms with Gasteiger partial charge < -0.3 is 124 Å². The van der Waals surface area contributed by atoms with Gasteiger partial charge in [0.1, 0.15) is 0 Å². The van der Waals surface area contributed by atoms with Crippen LogP contribution in [0.2, 0.25) is 0 Å². The molecule has 0 saturated carbocycles. The van der Waals surface area contributed by atoms with Crippen LogP contribution in [0.3, 0.4) is 0 Å². The number of hydrogen-bond acceptors (Lipinski definition) is 28. The van der Waals surface area contributed by atoms with Crippen molar-refractivity contribution in [2.45, 2.75) is 81.1 Å². The molecule has 0 spiro atoms. The van der Waals surface area contributed by atoms with E-state index in [1.54, 1.807) is 14.2 Å². The van der Waals surface area contributed by atoms with Gasteiger partial charge in [-0.05, 0) is 81.1 Å². The van der Waals surface area contributed by atoms with Gasteiger partial charge in [-0.3, -0.25) is 0 Å². The Bertz CT molecular complexity index is 1270. The molecular weight excluding hydrogens is 1150 g/mol. The zero-order valence-electron chi connectivity index (χ0n) is 48.5. The molecule has 0 aliphatic carbocycles. The molecule has 0 amide bonds. The average molecular weight is 1250 g/mol. The summed E-state index contributed by atoms with van der Waals surface area (Å²) in [5.41, 5.74) is 0. The van der Waals surface area contributed by atoms with Crippen molar-refractivity contribution in [2.24, 2.45) is 0 Å².